The second-order valence-electron chi connectivity index (χ2n) is 3.02. The average molecular weight is 215 g/mol. The number of halogens is 1. The highest BCUT2D eigenvalue weighted by Gasteiger charge is 2.16. The first-order chi connectivity index (χ1) is 6.52. The molecule has 5 heteroatoms. The van der Waals surface area contributed by atoms with Crippen LogP contribution in [-0.2, 0) is 4.74 Å². The van der Waals surface area contributed by atoms with Gasteiger partial charge in [0, 0.05) is 6.20 Å². The Hall–Kier alpha value is -1.29. The second kappa shape index (κ2) is 4.28. The van der Waals surface area contributed by atoms with E-state index >= 15 is 0 Å². The number of ether oxygens (including phenoxy) is 1. The van der Waals surface area contributed by atoms with Gasteiger partial charge in [-0.1, -0.05) is 11.6 Å². The predicted octanol–water partition coefficient (Wildman–Crippen LogP) is 1.88. The molecule has 0 aromatic carbocycles. The van der Waals surface area contributed by atoms with Crippen LogP contribution in [0.5, 0.6) is 0 Å². The normalized spacial score (nSPS) is 10.3. The Morgan fingerprint density at radius 2 is 2.29 bits per heavy atom. The standard InChI is InChI=1S/C9H11ClN2O2/c1-5(2)14-9(13)8-7(10)6(11)3-4-12-8/h3-5H,1-2H3,(H2,11,12). The van der Waals surface area contributed by atoms with Crippen LogP contribution in [0.25, 0.3) is 0 Å². The molecule has 1 aromatic heterocycles. The summed E-state index contributed by atoms with van der Waals surface area (Å²) in [6.07, 6.45) is 1.21. The highest BCUT2D eigenvalue weighted by molar-refractivity contribution is 6.35. The summed E-state index contributed by atoms with van der Waals surface area (Å²) < 4.78 is 4.93. The van der Waals surface area contributed by atoms with Crippen molar-refractivity contribution in [1.82, 2.24) is 4.98 Å². The van der Waals surface area contributed by atoms with E-state index in [9.17, 15) is 4.79 Å². The third kappa shape index (κ3) is 2.35. The van der Waals surface area contributed by atoms with Crippen molar-refractivity contribution in [2.24, 2.45) is 0 Å². The van der Waals surface area contributed by atoms with Crippen LogP contribution in [0.15, 0.2) is 12.3 Å². The third-order valence-electron chi connectivity index (χ3n) is 1.46. The van der Waals surface area contributed by atoms with E-state index < -0.39 is 5.97 Å². The van der Waals surface area contributed by atoms with Crippen molar-refractivity contribution >= 4 is 23.3 Å². The molecule has 0 saturated carbocycles. The van der Waals surface area contributed by atoms with E-state index in [4.69, 9.17) is 22.1 Å². The topological polar surface area (TPSA) is 65.2 Å². The lowest BCUT2D eigenvalue weighted by molar-refractivity contribution is 0.0371. The molecule has 0 radical (unpaired) electrons. The molecule has 0 aliphatic heterocycles. The van der Waals surface area contributed by atoms with E-state index in [0.717, 1.165) is 0 Å². The van der Waals surface area contributed by atoms with Crippen molar-refractivity contribution in [3.05, 3.63) is 23.0 Å². The van der Waals surface area contributed by atoms with Gasteiger partial charge in [0.05, 0.1) is 16.8 Å². The van der Waals surface area contributed by atoms with Crippen molar-refractivity contribution in [2.75, 3.05) is 5.73 Å². The highest BCUT2D eigenvalue weighted by atomic mass is 35.5. The molecule has 0 aliphatic carbocycles. The Balaban J connectivity index is 2.96. The molecular weight excluding hydrogens is 204 g/mol. The van der Waals surface area contributed by atoms with Crippen LogP contribution < -0.4 is 5.73 Å². The summed E-state index contributed by atoms with van der Waals surface area (Å²) in [5.74, 6) is -0.558. The summed E-state index contributed by atoms with van der Waals surface area (Å²) in [6.45, 7) is 3.50. The number of nitrogens with two attached hydrogens (primary N) is 1. The fourth-order valence-corrected chi connectivity index (χ4v) is 1.06. The number of carbonyl (C=O) groups is 1. The maximum Gasteiger partial charge on any atom is 0.358 e. The van der Waals surface area contributed by atoms with Crippen molar-refractivity contribution < 1.29 is 9.53 Å². The summed E-state index contributed by atoms with van der Waals surface area (Å²) in [5, 5.41) is 0.137. The minimum absolute atomic E-state index is 0.0559. The Labute approximate surface area is 87.0 Å². The number of hydrogen-bond acceptors (Lipinski definition) is 4. The van der Waals surface area contributed by atoms with Gasteiger partial charge in [-0.05, 0) is 19.9 Å². The molecule has 0 aliphatic rings. The van der Waals surface area contributed by atoms with Crippen molar-refractivity contribution in [2.45, 2.75) is 20.0 Å². The molecule has 1 rings (SSSR count). The predicted molar refractivity (Wildman–Crippen MR) is 54.2 cm³/mol. The lowest BCUT2D eigenvalue weighted by atomic mass is 10.3. The Bertz CT molecular complexity index is 353. The molecular formula is C9H11ClN2O2. The number of nitrogen functional groups attached to an aromatic ring is 1. The van der Waals surface area contributed by atoms with Gasteiger partial charge in [0.25, 0.3) is 0 Å². The van der Waals surface area contributed by atoms with E-state index in [1.54, 1.807) is 13.8 Å². The minimum Gasteiger partial charge on any atom is -0.458 e. The number of pyridine rings is 1. The molecule has 0 fully saturated rings. The lowest BCUT2D eigenvalue weighted by Crippen LogP contribution is -2.14. The lowest BCUT2D eigenvalue weighted by Gasteiger charge is -2.08. The van der Waals surface area contributed by atoms with E-state index in [2.05, 4.69) is 4.98 Å². The second-order valence-corrected chi connectivity index (χ2v) is 3.39. The van der Waals surface area contributed by atoms with Crippen LogP contribution in [0, 0.1) is 0 Å². The van der Waals surface area contributed by atoms with Crippen molar-refractivity contribution in [1.29, 1.82) is 0 Å². The summed E-state index contributed by atoms with van der Waals surface area (Å²) >= 11 is 5.78. The Kier molecular flexibility index (Phi) is 3.30. The molecule has 1 aromatic rings. The fourth-order valence-electron chi connectivity index (χ4n) is 0.871. The molecule has 4 nitrogen and oxygen atoms in total. The van der Waals surface area contributed by atoms with Crippen molar-refractivity contribution in [3.8, 4) is 0 Å². The zero-order chi connectivity index (χ0) is 10.7. The van der Waals surface area contributed by atoms with E-state index in [1.807, 2.05) is 0 Å². The van der Waals surface area contributed by atoms with Crippen LogP contribution in [0.1, 0.15) is 24.3 Å². The quantitative estimate of drug-likeness (QED) is 0.764. The summed E-state index contributed by atoms with van der Waals surface area (Å²) in [7, 11) is 0. The zero-order valence-electron chi connectivity index (χ0n) is 7.95. The van der Waals surface area contributed by atoms with Crippen LogP contribution >= 0.6 is 11.6 Å². The summed E-state index contributed by atoms with van der Waals surface area (Å²) in [5.41, 5.74) is 5.88. The van der Waals surface area contributed by atoms with Gasteiger partial charge in [0.1, 0.15) is 0 Å². The molecule has 0 atom stereocenters. The third-order valence-corrected chi connectivity index (χ3v) is 1.85. The first-order valence-corrected chi connectivity index (χ1v) is 4.51. The Morgan fingerprint density at radius 3 is 2.86 bits per heavy atom. The molecule has 0 amide bonds. The number of aromatic nitrogens is 1. The van der Waals surface area contributed by atoms with Gasteiger partial charge in [-0.15, -0.1) is 0 Å². The largest absolute Gasteiger partial charge is 0.458 e. The number of rotatable bonds is 2. The SMILES string of the molecule is CC(C)OC(=O)c1nccc(N)c1Cl. The number of carbonyl (C=O) groups excluding carboxylic acids is 1. The monoisotopic (exact) mass is 214 g/mol. The molecule has 0 saturated heterocycles. The maximum atomic E-state index is 11.4. The van der Waals surface area contributed by atoms with Gasteiger partial charge in [0.2, 0.25) is 0 Å². The number of anilines is 1. The fraction of sp³-hybridized carbons (Fsp3) is 0.333. The van der Waals surface area contributed by atoms with Gasteiger partial charge in [-0.25, -0.2) is 9.78 Å². The van der Waals surface area contributed by atoms with Crippen LogP contribution in [0.3, 0.4) is 0 Å². The van der Waals surface area contributed by atoms with Gasteiger partial charge >= 0.3 is 5.97 Å². The van der Waals surface area contributed by atoms with Gasteiger partial charge < -0.3 is 10.5 Å². The molecule has 76 valence electrons. The molecule has 0 unspecified atom stereocenters. The molecule has 0 spiro atoms. The van der Waals surface area contributed by atoms with Crippen LogP contribution in [-0.4, -0.2) is 17.1 Å². The van der Waals surface area contributed by atoms with E-state index in [-0.39, 0.29) is 16.8 Å². The maximum absolute atomic E-state index is 11.4. The van der Waals surface area contributed by atoms with E-state index in [1.165, 1.54) is 12.3 Å². The number of esters is 1. The average Bonchev–Trinajstić information content (AvgIpc) is 2.08. The minimum atomic E-state index is -0.558. The van der Waals surface area contributed by atoms with Crippen LogP contribution in [0.4, 0.5) is 5.69 Å². The van der Waals surface area contributed by atoms with Gasteiger partial charge in [0.15, 0.2) is 5.69 Å². The summed E-state index contributed by atoms with van der Waals surface area (Å²) in [4.78, 5) is 15.2. The molecule has 2 N–H and O–H groups in total. The van der Waals surface area contributed by atoms with Gasteiger partial charge in [-0.3, -0.25) is 0 Å². The number of nitrogens with zero attached hydrogens (tertiary/aromatic N) is 1. The Morgan fingerprint density at radius 1 is 1.64 bits per heavy atom. The molecule has 0 bridgehead atoms. The van der Waals surface area contributed by atoms with Crippen LogP contribution in [0.2, 0.25) is 5.02 Å². The highest BCUT2D eigenvalue weighted by Crippen LogP contribution is 2.21. The number of hydrogen-bond donors (Lipinski definition) is 1. The smallest absolute Gasteiger partial charge is 0.358 e. The van der Waals surface area contributed by atoms with Crippen molar-refractivity contribution in [3.63, 3.8) is 0 Å². The van der Waals surface area contributed by atoms with Gasteiger partial charge in [-0.2, -0.15) is 0 Å². The van der Waals surface area contributed by atoms with E-state index in [0.29, 0.717) is 5.69 Å². The molecule has 1 heterocycles. The zero-order valence-corrected chi connectivity index (χ0v) is 8.71. The molecule has 14 heavy (non-hydrogen) atoms. The first-order valence-electron chi connectivity index (χ1n) is 4.13. The first kappa shape index (κ1) is 10.8. The summed E-state index contributed by atoms with van der Waals surface area (Å²) in [6, 6.07) is 1.52.